The largest absolute Gasteiger partial charge is 0.326 e. The Morgan fingerprint density at radius 3 is 2.67 bits per heavy atom. The number of sulfonamides is 1. The predicted octanol–water partition coefficient (Wildman–Crippen LogP) is 1.82. The molecule has 118 valence electrons. The first-order chi connectivity index (χ1) is 9.85. The molecular weight excluding hydrogens is 333 g/mol. The summed E-state index contributed by atoms with van der Waals surface area (Å²) in [5, 5.41) is 0.474. The van der Waals surface area contributed by atoms with E-state index >= 15 is 0 Å². The highest BCUT2D eigenvalue weighted by Crippen LogP contribution is 2.28. The third-order valence-electron chi connectivity index (χ3n) is 3.79. The van der Waals surface area contributed by atoms with Crippen LogP contribution in [-0.2, 0) is 16.6 Å². The lowest BCUT2D eigenvalue weighted by Gasteiger charge is -2.20. The SMILES string of the molecule is CN1CCCC1CNS(=O)(=O)c1cc(CN)c(Cl)cc1Cl. The number of nitrogens with zero attached hydrogens (tertiary/aromatic N) is 1. The van der Waals surface area contributed by atoms with Crippen LogP contribution in [0.1, 0.15) is 18.4 Å². The van der Waals surface area contributed by atoms with Gasteiger partial charge in [0.25, 0.3) is 0 Å². The second-order valence-electron chi connectivity index (χ2n) is 5.21. The van der Waals surface area contributed by atoms with E-state index in [0.29, 0.717) is 17.1 Å². The third kappa shape index (κ3) is 3.88. The predicted molar refractivity (Wildman–Crippen MR) is 85.2 cm³/mol. The molecule has 1 aliphatic rings. The summed E-state index contributed by atoms with van der Waals surface area (Å²) < 4.78 is 27.4. The Labute approximate surface area is 135 Å². The topological polar surface area (TPSA) is 75.4 Å². The number of likely N-dealkylation sites (N-methyl/N-ethyl adjacent to an activating group) is 1. The maximum absolute atomic E-state index is 12.4. The van der Waals surface area contributed by atoms with Crippen LogP contribution >= 0.6 is 23.2 Å². The molecule has 5 nitrogen and oxygen atoms in total. The number of likely N-dealkylation sites (tertiary alicyclic amines) is 1. The van der Waals surface area contributed by atoms with Crippen LogP contribution in [0.3, 0.4) is 0 Å². The van der Waals surface area contributed by atoms with Crippen molar-refractivity contribution in [3.05, 3.63) is 27.7 Å². The maximum atomic E-state index is 12.4. The minimum Gasteiger partial charge on any atom is -0.326 e. The average molecular weight is 352 g/mol. The van der Waals surface area contributed by atoms with E-state index in [1.165, 1.54) is 12.1 Å². The van der Waals surface area contributed by atoms with Crippen molar-refractivity contribution >= 4 is 33.2 Å². The van der Waals surface area contributed by atoms with Crippen molar-refractivity contribution in [2.45, 2.75) is 30.3 Å². The van der Waals surface area contributed by atoms with Crippen LogP contribution in [0.15, 0.2) is 17.0 Å². The van der Waals surface area contributed by atoms with Crippen molar-refractivity contribution in [3.8, 4) is 0 Å². The van der Waals surface area contributed by atoms with Gasteiger partial charge < -0.3 is 10.6 Å². The van der Waals surface area contributed by atoms with Crippen molar-refractivity contribution in [1.82, 2.24) is 9.62 Å². The van der Waals surface area contributed by atoms with Gasteiger partial charge in [-0.3, -0.25) is 0 Å². The molecule has 2 rings (SSSR count). The van der Waals surface area contributed by atoms with Gasteiger partial charge in [-0.05, 0) is 44.1 Å². The Balaban J connectivity index is 2.19. The average Bonchev–Trinajstić information content (AvgIpc) is 2.82. The van der Waals surface area contributed by atoms with Crippen LogP contribution in [0.5, 0.6) is 0 Å². The van der Waals surface area contributed by atoms with Crippen LogP contribution in [0.4, 0.5) is 0 Å². The molecule has 1 heterocycles. The first-order valence-corrected chi connectivity index (χ1v) is 8.97. The minimum absolute atomic E-state index is 0.0228. The first kappa shape index (κ1) is 17.0. The Hall–Kier alpha value is -0.370. The Morgan fingerprint density at radius 2 is 2.10 bits per heavy atom. The monoisotopic (exact) mass is 351 g/mol. The van der Waals surface area contributed by atoms with E-state index in [2.05, 4.69) is 9.62 Å². The van der Waals surface area contributed by atoms with Gasteiger partial charge in [-0.2, -0.15) is 0 Å². The summed E-state index contributed by atoms with van der Waals surface area (Å²) in [5.41, 5.74) is 6.11. The lowest BCUT2D eigenvalue weighted by molar-refractivity contribution is 0.311. The maximum Gasteiger partial charge on any atom is 0.242 e. The first-order valence-electron chi connectivity index (χ1n) is 6.73. The van der Waals surface area contributed by atoms with Crippen LogP contribution in [0.2, 0.25) is 10.0 Å². The van der Waals surface area contributed by atoms with E-state index < -0.39 is 10.0 Å². The molecule has 1 aromatic carbocycles. The second-order valence-corrected chi connectivity index (χ2v) is 7.76. The number of nitrogens with two attached hydrogens (primary N) is 1. The number of benzene rings is 1. The summed E-state index contributed by atoms with van der Waals surface area (Å²) in [5.74, 6) is 0. The standard InChI is InChI=1S/C13H19Cl2N3O2S/c1-18-4-2-3-10(18)8-17-21(19,20)13-5-9(7-16)11(14)6-12(13)15/h5-6,10,17H,2-4,7-8,16H2,1H3. The van der Waals surface area contributed by atoms with Gasteiger partial charge in [0.1, 0.15) is 4.90 Å². The van der Waals surface area contributed by atoms with Crippen LogP contribution in [-0.4, -0.2) is 39.5 Å². The fraction of sp³-hybridized carbons (Fsp3) is 0.538. The molecule has 0 spiro atoms. The van der Waals surface area contributed by atoms with Gasteiger partial charge in [0, 0.05) is 24.2 Å². The number of hydrogen-bond donors (Lipinski definition) is 2. The van der Waals surface area contributed by atoms with Gasteiger partial charge >= 0.3 is 0 Å². The summed E-state index contributed by atoms with van der Waals surface area (Å²) in [6, 6.07) is 3.08. The van der Waals surface area contributed by atoms with Crippen molar-refractivity contribution in [2.24, 2.45) is 5.73 Å². The molecule has 0 aromatic heterocycles. The molecule has 1 saturated heterocycles. The quantitative estimate of drug-likeness (QED) is 0.848. The van der Waals surface area contributed by atoms with Crippen LogP contribution in [0.25, 0.3) is 0 Å². The molecule has 0 bridgehead atoms. The van der Waals surface area contributed by atoms with E-state index in [1.54, 1.807) is 0 Å². The lowest BCUT2D eigenvalue weighted by atomic mass is 10.2. The minimum atomic E-state index is -3.67. The number of hydrogen-bond acceptors (Lipinski definition) is 4. The fourth-order valence-electron chi connectivity index (χ4n) is 2.45. The number of halogens is 2. The summed E-state index contributed by atoms with van der Waals surface area (Å²) in [6.07, 6.45) is 2.07. The zero-order valence-electron chi connectivity index (χ0n) is 11.8. The molecule has 1 unspecified atom stereocenters. The summed E-state index contributed by atoms with van der Waals surface area (Å²) in [6.45, 7) is 1.52. The lowest BCUT2D eigenvalue weighted by Crippen LogP contribution is -2.38. The normalized spacial score (nSPS) is 20.1. The molecule has 0 aliphatic carbocycles. The highest BCUT2D eigenvalue weighted by Gasteiger charge is 2.25. The molecule has 1 aromatic rings. The molecule has 8 heteroatoms. The van der Waals surface area contributed by atoms with E-state index in [-0.39, 0.29) is 22.5 Å². The molecule has 1 aliphatic heterocycles. The van der Waals surface area contributed by atoms with Crippen molar-refractivity contribution in [3.63, 3.8) is 0 Å². The van der Waals surface area contributed by atoms with E-state index in [1.807, 2.05) is 7.05 Å². The van der Waals surface area contributed by atoms with Crippen molar-refractivity contribution in [1.29, 1.82) is 0 Å². The van der Waals surface area contributed by atoms with E-state index in [4.69, 9.17) is 28.9 Å². The molecule has 3 N–H and O–H groups in total. The zero-order valence-corrected chi connectivity index (χ0v) is 14.1. The fourth-order valence-corrected chi connectivity index (χ4v) is 4.40. The van der Waals surface area contributed by atoms with Gasteiger partial charge in [-0.1, -0.05) is 23.2 Å². The summed E-state index contributed by atoms with van der Waals surface area (Å²) in [4.78, 5) is 2.17. The highest BCUT2D eigenvalue weighted by molar-refractivity contribution is 7.89. The number of nitrogens with one attached hydrogen (secondary N) is 1. The van der Waals surface area contributed by atoms with Gasteiger partial charge in [0.05, 0.1) is 5.02 Å². The molecular formula is C13H19Cl2N3O2S. The number of rotatable bonds is 5. The van der Waals surface area contributed by atoms with Gasteiger partial charge in [-0.25, -0.2) is 13.1 Å². The Morgan fingerprint density at radius 1 is 1.38 bits per heavy atom. The van der Waals surface area contributed by atoms with E-state index in [0.717, 1.165) is 19.4 Å². The van der Waals surface area contributed by atoms with Gasteiger partial charge in [0.15, 0.2) is 0 Å². The summed E-state index contributed by atoms with van der Waals surface area (Å²) in [7, 11) is -1.68. The van der Waals surface area contributed by atoms with Gasteiger partial charge in [-0.15, -0.1) is 0 Å². The van der Waals surface area contributed by atoms with Crippen LogP contribution < -0.4 is 10.5 Å². The molecule has 1 fully saturated rings. The second kappa shape index (κ2) is 6.81. The smallest absolute Gasteiger partial charge is 0.242 e. The van der Waals surface area contributed by atoms with Crippen LogP contribution in [0, 0.1) is 0 Å². The third-order valence-corrected chi connectivity index (χ3v) is 6.03. The molecule has 0 radical (unpaired) electrons. The van der Waals surface area contributed by atoms with Crippen molar-refractivity contribution < 1.29 is 8.42 Å². The summed E-state index contributed by atoms with van der Waals surface area (Å²) >= 11 is 12.0. The highest BCUT2D eigenvalue weighted by atomic mass is 35.5. The molecule has 21 heavy (non-hydrogen) atoms. The van der Waals surface area contributed by atoms with Crippen molar-refractivity contribution in [2.75, 3.05) is 20.1 Å². The van der Waals surface area contributed by atoms with Gasteiger partial charge in [0.2, 0.25) is 10.0 Å². The molecule has 0 amide bonds. The Bertz CT molecular complexity index is 622. The Kier molecular flexibility index (Phi) is 5.51. The molecule has 0 saturated carbocycles. The molecule has 1 atom stereocenters. The van der Waals surface area contributed by atoms with E-state index in [9.17, 15) is 8.42 Å². The zero-order chi connectivity index (χ0) is 15.6.